The normalized spacial score (nSPS) is 21.2. The van der Waals surface area contributed by atoms with Gasteiger partial charge in [0.05, 0.1) is 6.04 Å². The summed E-state index contributed by atoms with van der Waals surface area (Å²) in [6.45, 7) is 2.17. The van der Waals surface area contributed by atoms with Crippen LogP contribution in [0.15, 0.2) is 24.7 Å². The standard InChI is InChI=1S/C13H18N4/c1-9(13-15-6-7-16-13)17-8-5-10-11(14)3-2-4-12(10)17/h5-9,11H,2-4,14H2,1H3,(H,15,16). The number of fused-ring (bicyclic) bond motifs is 1. The summed E-state index contributed by atoms with van der Waals surface area (Å²) in [5.41, 5.74) is 8.84. The Balaban J connectivity index is 1.99. The lowest BCUT2D eigenvalue weighted by Gasteiger charge is -2.23. The highest BCUT2D eigenvalue weighted by molar-refractivity contribution is 5.29. The summed E-state index contributed by atoms with van der Waals surface area (Å²) in [5, 5.41) is 0. The summed E-state index contributed by atoms with van der Waals surface area (Å²) in [4.78, 5) is 7.51. The fraction of sp³-hybridized carbons (Fsp3) is 0.462. The van der Waals surface area contributed by atoms with Gasteiger partial charge in [-0.1, -0.05) is 0 Å². The van der Waals surface area contributed by atoms with Crippen molar-refractivity contribution in [3.63, 3.8) is 0 Å². The minimum Gasteiger partial charge on any atom is -0.347 e. The second-order valence-corrected chi connectivity index (χ2v) is 4.77. The molecule has 0 aromatic carbocycles. The van der Waals surface area contributed by atoms with Crippen molar-refractivity contribution in [1.82, 2.24) is 14.5 Å². The molecule has 2 atom stereocenters. The SMILES string of the molecule is CC(c1ncc[nH]1)n1ccc2c1CCCC2N. The number of H-pyrrole nitrogens is 1. The van der Waals surface area contributed by atoms with Gasteiger partial charge in [0.2, 0.25) is 0 Å². The third kappa shape index (κ3) is 1.69. The number of imidazole rings is 1. The molecule has 2 aromatic rings. The molecule has 17 heavy (non-hydrogen) atoms. The molecule has 2 heterocycles. The highest BCUT2D eigenvalue weighted by Gasteiger charge is 2.22. The van der Waals surface area contributed by atoms with Crippen LogP contribution in [0, 0.1) is 0 Å². The van der Waals surface area contributed by atoms with Crippen LogP contribution in [0.25, 0.3) is 0 Å². The Morgan fingerprint density at radius 3 is 3.24 bits per heavy atom. The average molecular weight is 230 g/mol. The van der Waals surface area contributed by atoms with E-state index in [2.05, 4.69) is 33.7 Å². The Hall–Kier alpha value is -1.55. The van der Waals surface area contributed by atoms with Gasteiger partial charge in [-0.3, -0.25) is 0 Å². The Kier molecular flexibility index (Phi) is 2.52. The molecule has 0 bridgehead atoms. The number of nitrogens with zero attached hydrogens (tertiary/aromatic N) is 2. The lowest BCUT2D eigenvalue weighted by molar-refractivity contribution is 0.517. The van der Waals surface area contributed by atoms with Crippen LogP contribution in [0.1, 0.15) is 48.9 Å². The van der Waals surface area contributed by atoms with Crippen molar-refractivity contribution in [3.05, 3.63) is 41.7 Å². The van der Waals surface area contributed by atoms with Gasteiger partial charge >= 0.3 is 0 Å². The van der Waals surface area contributed by atoms with Crippen LogP contribution in [0.4, 0.5) is 0 Å². The molecule has 1 aliphatic rings. The quantitative estimate of drug-likeness (QED) is 0.830. The van der Waals surface area contributed by atoms with Crippen molar-refractivity contribution in [2.45, 2.75) is 38.3 Å². The molecule has 0 fully saturated rings. The fourth-order valence-corrected chi connectivity index (χ4v) is 2.75. The Labute approximate surface area is 101 Å². The third-order valence-corrected chi connectivity index (χ3v) is 3.72. The lowest BCUT2D eigenvalue weighted by atomic mass is 9.93. The molecule has 1 aliphatic carbocycles. The van der Waals surface area contributed by atoms with Crippen molar-refractivity contribution in [3.8, 4) is 0 Å². The number of nitrogens with one attached hydrogen (secondary N) is 1. The van der Waals surface area contributed by atoms with Crippen LogP contribution in [0.5, 0.6) is 0 Å². The summed E-state index contributed by atoms with van der Waals surface area (Å²) in [6, 6.07) is 2.63. The predicted octanol–water partition coefficient (Wildman–Crippen LogP) is 2.16. The van der Waals surface area contributed by atoms with E-state index in [1.54, 1.807) is 6.20 Å². The zero-order valence-electron chi connectivity index (χ0n) is 10.1. The van der Waals surface area contributed by atoms with Gasteiger partial charge in [0.15, 0.2) is 0 Å². The summed E-state index contributed by atoms with van der Waals surface area (Å²) < 4.78 is 2.30. The summed E-state index contributed by atoms with van der Waals surface area (Å²) >= 11 is 0. The molecule has 0 aliphatic heterocycles. The minimum absolute atomic E-state index is 0.212. The van der Waals surface area contributed by atoms with Gasteiger partial charge in [-0.15, -0.1) is 0 Å². The number of aromatic nitrogens is 3. The van der Waals surface area contributed by atoms with E-state index >= 15 is 0 Å². The van der Waals surface area contributed by atoms with Crippen molar-refractivity contribution >= 4 is 0 Å². The number of nitrogens with two attached hydrogens (primary N) is 1. The van der Waals surface area contributed by atoms with E-state index in [4.69, 9.17) is 5.73 Å². The smallest absolute Gasteiger partial charge is 0.128 e. The van der Waals surface area contributed by atoms with Crippen LogP contribution >= 0.6 is 0 Å². The van der Waals surface area contributed by atoms with Crippen molar-refractivity contribution in [2.75, 3.05) is 0 Å². The van der Waals surface area contributed by atoms with Gasteiger partial charge in [0.1, 0.15) is 5.82 Å². The van der Waals surface area contributed by atoms with Crippen LogP contribution in [-0.2, 0) is 6.42 Å². The molecule has 0 amide bonds. The maximum absolute atomic E-state index is 6.14. The van der Waals surface area contributed by atoms with E-state index < -0.39 is 0 Å². The summed E-state index contributed by atoms with van der Waals surface area (Å²) in [5.74, 6) is 1.00. The molecule has 90 valence electrons. The minimum atomic E-state index is 0.212. The van der Waals surface area contributed by atoms with Crippen molar-refractivity contribution in [1.29, 1.82) is 0 Å². The molecule has 3 rings (SSSR count). The highest BCUT2D eigenvalue weighted by Crippen LogP contribution is 2.31. The van der Waals surface area contributed by atoms with Gasteiger partial charge < -0.3 is 15.3 Å². The molecule has 4 nitrogen and oxygen atoms in total. The van der Waals surface area contributed by atoms with Gasteiger partial charge in [0.25, 0.3) is 0 Å². The van der Waals surface area contributed by atoms with Gasteiger partial charge in [-0.25, -0.2) is 4.98 Å². The van der Waals surface area contributed by atoms with E-state index in [0.717, 1.165) is 18.7 Å². The van der Waals surface area contributed by atoms with E-state index in [-0.39, 0.29) is 12.1 Å². The first kappa shape index (κ1) is 10.6. The summed E-state index contributed by atoms with van der Waals surface area (Å²) in [6.07, 6.45) is 9.22. The molecule has 2 aromatic heterocycles. The first-order chi connectivity index (χ1) is 8.27. The second kappa shape index (κ2) is 4.04. The van der Waals surface area contributed by atoms with Crippen LogP contribution in [0.2, 0.25) is 0 Å². The average Bonchev–Trinajstić information content (AvgIpc) is 2.98. The van der Waals surface area contributed by atoms with E-state index in [1.807, 2.05) is 6.20 Å². The molecule has 0 radical (unpaired) electrons. The van der Waals surface area contributed by atoms with Gasteiger partial charge in [0, 0.05) is 30.3 Å². The van der Waals surface area contributed by atoms with Crippen LogP contribution < -0.4 is 5.73 Å². The number of hydrogen-bond acceptors (Lipinski definition) is 2. The van der Waals surface area contributed by atoms with Crippen molar-refractivity contribution in [2.24, 2.45) is 5.73 Å². The first-order valence-electron chi connectivity index (χ1n) is 6.22. The van der Waals surface area contributed by atoms with Crippen LogP contribution in [0.3, 0.4) is 0 Å². The van der Waals surface area contributed by atoms with E-state index in [0.29, 0.717) is 0 Å². The molecular formula is C13H18N4. The molecule has 0 saturated carbocycles. The monoisotopic (exact) mass is 230 g/mol. The maximum atomic E-state index is 6.14. The first-order valence-corrected chi connectivity index (χ1v) is 6.22. The van der Waals surface area contributed by atoms with Gasteiger partial charge in [-0.05, 0) is 37.8 Å². The van der Waals surface area contributed by atoms with Crippen molar-refractivity contribution < 1.29 is 0 Å². The molecular weight excluding hydrogens is 212 g/mol. The number of rotatable bonds is 2. The predicted molar refractivity (Wildman–Crippen MR) is 66.7 cm³/mol. The van der Waals surface area contributed by atoms with Gasteiger partial charge in [-0.2, -0.15) is 0 Å². The number of aromatic amines is 1. The number of hydrogen-bond donors (Lipinski definition) is 2. The Morgan fingerprint density at radius 1 is 1.59 bits per heavy atom. The molecule has 0 saturated heterocycles. The topological polar surface area (TPSA) is 59.6 Å². The van der Waals surface area contributed by atoms with Crippen LogP contribution in [-0.4, -0.2) is 14.5 Å². The zero-order chi connectivity index (χ0) is 11.8. The molecule has 4 heteroatoms. The van der Waals surface area contributed by atoms with E-state index in [1.165, 1.54) is 17.7 Å². The second-order valence-electron chi connectivity index (χ2n) is 4.77. The molecule has 3 N–H and O–H groups in total. The maximum Gasteiger partial charge on any atom is 0.128 e. The molecule has 2 unspecified atom stereocenters. The highest BCUT2D eigenvalue weighted by atomic mass is 15.1. The fourth-order valence-electron chi connectivity index (χ4n) is 2.75. The zero-order valence-corrected chi connectivity index (χ0v) is 10.1. The summed E-state index contributed by atoms with van der Waals surface area (Å²) in [7, 11) is 0. The largest absolute Gasteiger partial charge is 0.347 e. The van der Waals surface area contributed by atoms with E-state index in [9.17, 15) is 0 Å². The Morgan fingerprint density at radius 2 is 2.47 bits per heavy atom. The Bertz CT molecular complexity index is 497. The lowest BCUT2D eigenvalue weighted by Crippen LogP contribution is -2.19. The molecule has 0 spiro atoms. The third-order valence-electron chi connectivity index (χ3n) is 3.72.